The summed E-state index contributed by atoms with van der Waals surface area (Å²) in [4.78, 5) is 23.0. The van der Waals surface area contributed by atoms with Crippen molar-refractivity contribution in [1.82, 2.24) is 0 Å². The minimum atomic E-state index is -0.868. The second kappa shape index (κ2) is 12.4. The molecule has 1 aliphatic carbocycles. The minimum absolute atomic E-state index is 0.266. The van der Waals surface area contributed by atoms with Crippen LogP contribution in [0.4, 0.5) is 0 Å². The predicted molar refractivity (Wildman–Crippen MR) is 135 cm³/mol. The Bertz CT molecular complexity index is 1030. The van der Waals surface area contributed by atoms with Gasteiger partial charge in [0.1, 0.15) is 12.0 Å². The summed E-state index contributed by atoms with van der Waals surface area (Å²) in [6.45, 7) is 11.5. The number of aldehydes is 1. The molecule has 0 heterocycles. The predicted octanol–water partition coefficient (Wildman–Crippen LogP) is 6.42. The average Bonchev–Trinajstić information content (AvgIpc) is 2.80. The SMILES string of the molecule is C=C(/C=C\C)[C@H]1[C@H](C=O)[C@@H](c2ccccc2)[C@@H]1C(=O)O.C=Cc1cccc(OC)c1/C=C\C. The Morgan fingerprint density at radius 1 is 1.03 bits per heavy atom. The van der Waals surface area contributed by atoms with Crippen molar-refractivity contribution in [1.29, 1.82) is 0 Å². The van der Waals surface area contributed by atoms with Crippen LogP contribution < -0.4 is 4.74 Å². The molecule has 172 valence electrons. The molecule has 0 amide bonds. The number of carbonyl (C=O) groups excluding carboxylic acids is 1. The fourth-order valence-corrected chi connectivity index (χ4v) is 4.43. The van der Waals surface area contributed by atoms with Crippen LogP contribution in [0.25, 0.3) is 12.2 Å². The molecule has 4 nitrogen and oxygen atoms in total. The molecule has 33 heavy (non-hydrogen) atoms. The van der Waals surface area contributed by atoms with Crippen molar-refractivity contribution in [3.63, 3.8) is 0 Å². The number of ether oxygens (including phenoxy) is 1. The number of hydrogen-bond donors (Lipinski definition) is 1. The van der Waals surface area contributed by atoms with E-state index in [0.29, 0.717) is 5.57 Å². The Kier molecular flexibility index (Phi) is 9.62. The summed E-state index contributed by atoms with van der Waals surface area (Å²) in [6, 6.07) is 15.3. The van der Waals surface area contributed by atoms with Crippen molar-refractivity contribution in [2.45, 2.75) is 19.8 Å². The first-order valence-corrected chi connectivity index (χ1v) is 10.9. The monoisotopic (exact) mass is 444 g/mol. The molecule has 4 atom stereocenters. The second-order valence-corrected chi connectivity index (χ2v) is 7.78. The highest BCUT2D eigenvalue weighted by molar-refractivity contribution is 5.78. The zero-order valence-electron chi connectivity index (χ0n) is 19.5. The zero-order valence-corrected chi connectivity index (χ0v) is 19.5. The summed E-state index contributed by atoms with van der Waals surface area (Å²) < 4.78 is 5.24. The molecule has 0 radical (unpaired) electrons. The molecule has 3 rings (SSSR count). The number of allylic oxidation sites excluding steroid dienone is 4. The van der Waals surface area contributed by atoms with Crippen molar-refractivity contribution in [3.05, 3.63) is 102 Å². The van der Waals surface area contributed by atoms with Crippen LogP contribution in [-0.4, -0.2) is 24.5 Å². The molecule has 1 aliphatic rings. The van der Waals surface area contributed by atoms with Crippen molar-refractivity contribution < 1.29 is 19.4 Å². The lowest BCUT2D eigenvalue weighted by atomic mass is 9.53. The minimum Gasteiger partial charge on any atom is -0.496 e. The van der Waals surface area contributed by atoms with Crippen LogP contribution in [0.5, 0.6) is 5.75 Å². The van der Waals surface area contributed by atoms with E-state index in [0.717, 1.165) is 28.7 Å². The van der Waals surface area contributed by atoms with Crippen LogP contribution in [0.2, 0.25) is 0 Å². The second-order valence-electron chi connectivity index (χ2n) is 7.78. The van der Waals surface area contributed by atoms with Gasteiger partial charge in [-0.05, 0) is 31.0 Å². The van der Waals surface area contributed by atoms with Gasteiger partial charge in [0, 0.05) is 23.3 Å². The molecule has 2 aromatic carbocycles. The Morgan fingerprint density at radius 2 is 1.73 bits per heavy atom. The normalized spacial score (nSPS) is 21.5. The van der Waals surface area contributed by atoms with E-state index in [2.05, 4.69) is 13.2 Å². The van der Waals surface area contributed by atoms with Crippen LogP contribution in [0.15, 0.2) is 85.5 Å². The molecule has 0 spiro atoms. The number of benzene rings is 2. The first-order valence-electron chi connectivity index (χ1n) is 10.9. The zero-order chi connectivity index (χ0) is 24.4. The Hall–Kier alpha value is -3.66. The van der Waals surface area contributed by atoms with Gasteiger partial charge in [-0.1, -0.05) is 91.6 Å². The summed E-state index contributed by atoms with van der Waals surface area (Å²) in [6.07, 6.45) is 10.3. The molecule has 4 heteroatoms. The fraction of sp³-hybridized carbons (Fsp3) is 0.241. The third kappa shape index (κ3) is 5.78. The highest BCUT2D eigenvalue weighted by atomic mass is 16.5. The molecule has 0 aromatic heterocycles. The Labute approximate surface area is 196 Å². The molecule has 0 bridgehead atoms. The summed E-state index contributed by atoms with van der Waals surface area (Å²) in [7, 11) is 1.68. The maximum Gasteiger partial charge on any atom is 0.307 e. The molecule has 0 saturated heterocycles. The lowest BCUT2D eigenvalue weighted by molar-refractivity contribution is -0.152. The smallest absolute Gasteiger partial charge is 0.307 e. The van der Waals surface area contributed by atoms with Crippen LogP contribution in [-0.2, 0) is 9.59 Å². The van der Waals surface area contributed by atoms with Gasteiger partial charge in [0.05, 0.1) is 13.0 Å². The number of hydrogen-bond acceptors (Lipinski definition) is 3. The summed E-state index contributed by atoms with van der Waals surface area (Å²) in [5, 5.41) is 9.48. The number of rotatable bonds is 8. The summed E-state index contributed by atoms with van der Waals surface area (Å²) in [5.74, 6) is -1.47. The van der Waals surface area contributed by atoms with Crippen LogP contribution >= 0.6 is 0 Å². The van der Waals surface area contributed by atoms with Crippen molar-refractivity contribution >= 4 is 24.4 Å². The third-order valence-electron chi connectivity index (χ3n) is 5.91. The van der Waals surface area contributed by atoms with E-state index < -0.39 is 11.9 Å². The van der Waals surface area contributed by atoms with Crippen LogP contribution in [0, 0.1) is 17.8 Å². The van der Waals surface area contributed by atoms with Crippen molar-refractivity contribution in [2.24, 2.45) is 17.8 Å². The number of carboxylic acids is 1. The first kappa shape index (κ1) is 25.6. The number of carboxylic acid groups (broad SMARTS) is 1. The van der Waals surface area contributed by atoms with E-state index >= 15 is 0 Å². The van der Waals surface area contributed by atoms with E-state index in [4.69, 9.17) is 4.74 Å². The van der Waals surface area contributed by atoms with E-state index in [9.17, 15) is 14.7 Å². The van der Waals surface area contributed by atoms with Gasteiger partial charge < -0.3 is 14.6 Å². The summed E-state index contributed by atoms with van der Waals surface area (Å²) >= 11 is 0. The van der Waals surface area contributed by atoms with Gasteiger partial charge in [-0.15, -0.1) is 0 Å². The standard InChI is InChI=1S/C17H18O3.C12H14O/c1-3-7-11(2)14-13(10-18)15(16(14)17(19)20)12-8-5-4-6-9-12;1-4-7-11-10(5-2)8-6-9-12(11)13-3/h3-10,13-16H,2H2,1H3,(H,19,20);4-9H,2H2,1,3H3/b7-3-;7-4-/t13-,14-,15+,16+;/m0./s1. The molecule has 1 N–H and O–H groups in total. The highest BCUT2D eigenvalue weighted by Gasteiger charge is 2.55. The quantitative estimate of drug-likeness (QED) is 0.377. The molecular weight excluding hydrogens is 412 g/mol. The van der Waals surface area contributed by atoms with E-state index in [-0.39, 0.29) is 17.8 Å². The van der Waals surface area contributed by atoms with E-state index in [1.165, 1.54) is 0 Å². The topological polar surface area (TPSA) is 63.6 Å². The molecule has 2 aromatic rings. The van der Waals surface area contributed by atoms with Crippen molar-refractivity contribution in [3.8, 4) is 5.75 Å². The van der Waals surface area contributed by atoms with E-state index in [1.807, 2.05) is 86.7 Å². The van der Waals surface area contributed by atoms with Crippen LogP contribution in [0.1, 0.15) is 36.5 Å². The van der Waals surface area contributed by atoms with Gasteiger partial charge in [-0.25, -0.2) is 0 Å². The first-order chi connectivity index (χ1) is 15.9. The lowest BCUT2D eigenvalue weighted by Gasteiger charge is -2.48. The molecule has 1 saturated carbocycles. The molecule has 0 aliphatic heterocycles. The maximum atomic E-state index is 11.6. The largest absolute Gasteiger partial charge is 0.496 e. The average molecular weight is 445 g/mol. The Balaban J connectivity index is 0.000000257. The number of carbonyl (C=O) groups is 2. The summed E-state index contributed by atoms with van der Waals surface area (Å²) in [5.41, 5.74) is 3.80. The molecule has 0 unspecified atom stereocenters. The van der Waals surface area contributed by atoms with Gasteiger partial charge in [0.2, 0.25) is 0 Å². The fourth-order valence-electron chi connectivity index (χ4n) is 4.43. The van der Waals surface area contributed by atoms with Crippen LogP contribution in [0.3, 0.4) is 0 Å². The van der Waals surface area contributed by atoms with E-state index in [1.54, 1.807) is 13.2 Å². The lowest BCUT2D eigenvalue weighted by Crippen LogP contribution is -2.50. The maximum absolute atomic E-state index is 11.6. The number of methoxy groups -OCH3 is 1. The molecular formula is C29H32O4. The highest BCUT2D eigenvalue weighted by Crippen LogP contribution is 2.54. The third-order valence-corrected chi connectivity index (χ3v) is 5.91. The van der Waals surface area contributed by atoms with Crippen molar-refractivity contribution in [2.75, 3.05) is 7.11 Å². The molecule has 1 fully saturated rings. The van der Waals surface area contributed by atoms with Gasteiger partial charge >= 0.3 is 5.97 Å². The van der Waals surface area contributed by atoms with Gasteiger partial charge in [-0.2, -0.15) is 0 Å². The number of aliphatic carboxylic acids is 1. The van der Waals surface area contributed by atoms with Gasteiger partial charge in [-0.3, -0.25) is 4.79 Å². The Morgan fingerprint density at radius 3 is 2.24 bits per heavy atom. The van der Waals surface area contributed by atoms with Gasteiger partial charge in [0.25, 0.3) is 0 Å². The van der Waals surface area contributed by atoms with Gasteiger partial charge in [0.15, 0.2) is 0 Å².